The Labute approximate surface area is 369 Å². The van der Waals surface area contributed by atoms with Crippen LogP contribution in [0.5, 0.6) is 23.3 Å². The number of carbonyl (C=O) groups is 2. The zero-order chi connectivity index (χ0) is 45.4. The molecule has 2 aliphatic rings. The molecule has 0 bridgehead atoms. The number of amides is 2. The standard InChI is InChI=1S/C45H48N10O8S/c1-6-63-39-21-30(15-16-34(39)48-44-47-25-36-41(49-44)55(64(5,61)62)35-10-8-7-9-31(35)43(59)52(36)4)53-19-17-28(18-20-53)42(58)46-24-27-11-13-29(14-12-27)54-40(50-51-45(54)60)33-22-32(26(2)3)37(56)23-38(33)57/h7-16,21-23,25-26,28,56-57H,6,17-20,24H2,1-5H3,(H,46,58)(H,51,60)(H,47,48,49). The minimum absolute atomic E-state index is 0.0219. The maximum atomic E-state index is 13.4. The number of benzene rings is 4. The number of piperidine rings is 1. The number of anilines is 6. The van der Waals surface area contributed by atoms with Crippen molar-refractivity contribution in [3.63, 3.8) is 0 Å². The summed E-state index contributed by atoms with van der Waals surface area (Å²) in [5, 5.41) is 45.8. The van der Waals surface area contributed by atoms with Gasteiger partial charge in [-0.05, 0) is 79.3 Å². The van der Waals surface area contributed by atoms with E-state index in [1.165, 1.54) is 21.7 Å². The van der Waals surface area contributed by atoms with Gasteiger partial charge in [-0.25, -0.2) is 22.3 Å². The van der Waals surface area contributed by atoms with Gasteiger partial charge in [-0.3, -0.25) is 9.59 Å². The molecule has 8 rings (SSSR count). The highest BCUT2D eigenvalue weighted by molar-refractivity contribution is 7.92. The van der Waals surface area contributed by atoms with Crippen molar-refractivity contribution in [2.75, 3.05) is 52.4 Å². The topological polar surface area (TPSA) is 228 Å². The number of hydrogen-bond acceptors (Lipinski definition) is 14. The van der Waals surface area contributed by atoms with Crippen LogP contribution in [0.1, 0.15) is 61.0 Å². The second kappa shape index (κ2) is 17.4. The van der Waals surface area contributed by atoms with Gasteiger partial charge in [-0.15, -0.1) is 5.10 Å². The van der Waals surface area contributed by atoms with E-state index < -0.39 is 15.9 Å². The third-order valence-corrected chi connectivity index (χ3v) is 12.4. The van der Waals surface area contributed by atoms with Crippen LogP contribution >= 0.6 is 0 Å². The van der Waals surface area contributed by atoms with Crippen LogP contribution in [0.3, 0.4) is 0 Å². The molecule has 0 spiro atoms. The van der Waals surface area contributed by atoms with Crippen molar-refractivity contribution in [1.29, 1.82) is 0 Å². The number of aromatic nitrogens is 5. The second-order valence-corrected chi connectivity index (χ2v) is 17.8. The predicted octanol–water partition coefficient (Wildman–Crippen LogP) is 6.33. The van der Waals surface area contributed by atoms with Crippen molar-refractivity contribution in [3.05, 3.63) is 102 Å². The van der Waals surface area contributed by atoms with E-state index in [9.17, 15) is 33.3 Å². The van der Waals surface area contributed by atoms with Crippen LogP contribution in [0, 0.1) is 5.92 Å². The van der Waals surface area contributed by atoms with Crippen LogP contribution < -0.4 is 29.5 Å². The van der Waals surface area contributed by atoms with Gasteiger partial charge < -0.3 is 40.5 Å². The first-order valence-electron chi connectivity index (χ1n) is 20.7. The lowest BCUT2D eigenvalue weighted by molar-refractivity contribution is -0.125. The molecule has 0 unspecified atom stereocenters. The Bertz CT molecular complexity index is 2860. The zero-order valence-electron chi connectivity index (χ0n) is 35.8. The summed E-state index contributed by atoms with van der Waals surface area (Å²) in [6.45, 7) is 7.63. The van der Waals surface area contributed by atoms with Crippen molar-refractivity contribution in [1.82, 2.24) is 30.0 Å². The lowest BCUT2D eigenvalue weighted by Crippen LogP contribution is -2.40. The Morgan fingerprint density at radius 2 is 1.62 bits per heavy atom. The first-order chi connectivity index (χ1) is 30.6. The number of aromatic hydroxyl groups is 3. The van der Waals surface area contributed by atoms with Crippen LogP contribution in [-0.4, -0.2) is 93.3 Å². The van der Waals surface area contributed by atoms with Crippen LogP contribution in [-0.2, 0) is 21.4 Å². The molecule has 332 valence electrons. The largest absolute Gasteiger partial charge is 0.508 e. The average molecular weight is 889 g/mol. The van der Waals surface area contributed by atoms with Crippen LogP contribution in [0.2, 0.25) is 0 Å². The highest BCUT2D eigenvalue weighted by atomic mass is 32.2. The van der Waals surface area contributed by atoms with E-state index in [0.29, 0.717) is 67.3 Å². The molecule has 0 aliphatic carbocycles. The molecule has 0 radical (unpaired) electrons. The number of ether oxygens (including phenoxy) is 1. The summed E-state index contributed by atoms with van der Waals surface area (Å²) in [5.41, 5.74) is 4.37. The second-order valence-electron chi connectivity index (χ2n) is 15.9. The SMILES string of the molecule is CCOc1cc(N2CCC(C(=O)NCc3ccc(-n4c(O)nnc4-c4cc(C(C)C)c(O)cc4O)cc3)CC2)ccc1Nc1ncc2c(n1)N(S(C)(=O)=O)c1ccccc1C(=O)N2C. The van der Waals surface area contributed by atoms with Gasteiger partial charge in [-0.1, -0.05) is 43.2 Å². The fourth-order valence-corrected chi connectivity index (χ4v) is 8.98. The summed E-state index contributed by atoms with van der Waals surface area (Å²) < 4.78 is 34.9. The molecular weight excluding hydrogens is 841 g/mol. The van der Waals surface area contributed by atoms with E-state index in [1.807, 2.05) is 51.1 Å². The Morgan fingerprint density at radius 1 is 0.906 bits per heavy atom. The van der Waals surface area contributed by atoms with Crippen molar-refractivity contribution in [2.45, 2.75) is 46.1 Å². The number of fused-ring (bicyclic) bond motifs is 2. The molecule has 0 saturated carbocycles. The van der Waals surface area contributed by atoms with Gasteiger partial charge >= 0.3 is 6.01 Å². The molecule has 2 amide bonds. The quantitative estimate of drug-likeness (QED) is 0.0906. The van der Waals surface area contributed by atoms with Gasteiger partial charge in [0.25, 0.3) is 5.91 Å². The smallest absolute Gasteiger partial charge is 0.319 e. The molecule has 2 aliphatic heterocycles. The third-order valence-electron chi connectivity index (χ3n) is 11.4. The molecule has 6 aromatic rings. The summed E-state index contributed by atoms with van der Waals surface area (Å²) in [7, 11) is -2.39. The van der Waals surface area contributed by atoms with E-state index in [4.69, 9.17) is 4.74 Å². The highest BCUT2D eigenvalue weighted by Gasteiger charge is 2.35. The summed E-state index contributed by atoms with van der Waals surface area (Å²) in [6.07, 6.45) is 3.74. The van der Waals surface area contributed by atoms with E-state index in [-0.39, 0.29) is 69.8 Å². The lowest BCUT2D eigenvalue weighted by Gasteiger charge is -2.33. The van der Waals surface area contributed by atoms with E-state index >= 15 is 0 Å². The first kappa shape index (κ1) is 43.2. The number of sulfonamides is 1. The Kier molecular flexibility index (Phi) is 11.8. The molecule has 5 N–H and O–H groups in total. The average Bonchev–Trinajstić information content (AvgIpc) is 3.62. The molecule has 18 nitrogen and oxygen atoms in total. The normalized spacial score (nSPS) is 14.3. The molecule has 1 fully saturated rings. The number of nitrogens with one attached hydrogen (secondary N) is 2. The first-order valence-corrected chi connectivity index (χ1v) is 22.6. The summed E-state index contributed by atoms with van der Waals surface area (Å²) in [5.74, 6) is -0.0581. The minimum atomic E-state index is -3.94. The Balaban J connectivity index is 0.909. The minimum Gasteiger partial charge on any atom is -0.508 e. The number of rotatable bonds is 12. The lowest BCUT2D eigenvalue weighted by atomic mass is 9.95. The van der Waals surface area contributed by atoms with Gasteiger partial charge in [-0.2, -0.15) is 4.98 Å². The van der Waals surface area contributed by atoms with Crippen molar-refractivity contribution in [2.24, 2.45) is 5.92 Å². The van der Waals surface area contributed by atoms with Crippen molar-refractivity contribution < 1.29 is 38.1 Å². The fraction of sp³-hybridized carbons (Fsp3) is 0.289. The van der Waals surface area contributed by atoms with Gasteiger partial charge in [0, 0.05) is 50.4 Å². The van der Waals surface area contributed by atoms with Crippen LogP contribution in [0.15, 0.2) is 85.1 Å². The maximum absolute atomic E-state index is 13.4. The number of hydrogen-bond donors (Lipinski definition) is 5. The zero-order valence-corrected chi connectivity index (χ0v) is 36.7. The van der Waals surface area contributed by atoms with E-state index in [2.05, 4.69) is 35.7 Å². The predicted molar refractivity (Wildman–Crippen MR) is 242 cm³/mol. The molecule has 1 saturated heterocycles. The molecule has 2 aromatic heterocycles. The Morgan fingerprint density at radius 3 is 2.33 bits per heavy atom. The highest BCUT2D eigenvalue weighted by Crippen LogP contribution is 2.42. The number of para-hydroxylation sites is 1. The third kappa shape index (κ3) is 8.40. The summed E-state index contributed by atoms with van der Waals surface area (Å²) in [4.78, 5) is 39.3. The molecule has 0 atom stereocenters. The monoisotopic (exact) mass is 888 g/mol. The summed E-state index contributed by atoms with van der Waals surface area (Å²) in [6, 6.07) is 21.9. The van der Waals surface area contributed by atoms with E-state index in [0.717, 1.165) is 21.8 Å². The molecule has 4 heterocycles. The van der Waals surface area contributed by atoms with Gasteiger partial charge in [0.05, 0.1) is 47.2 Å². The summed E-state index contributed by atoms with van der Waals surface area (Å²) >= 11 is 0. The Hall–Kier alpha value is -7.41. The van der Waals surface area contributed by atoms with Crippen molar-refractivity contribution >= 4 is 56.4 Å². The van der Waals surface area contributed by atoms with Gasteiger partial charge in [0.1, 0.15) is 22.9 Å². The van der Waals surface area contributed by atoms with Crippen LogP contribution in [0.25, 0.3) is 17.1 Å². The number of phenols is 2. The number of carbonyl (C=O) groups excluding carboxylic acids is 2. The van der Waals surface area contributed by atoms with Gasteiger partial charge in [0.15, 0.2) is 11.6 Å². The maximum Gasteiger partial charge on any atom is 0.319 e. The fourth-order valence-electron chi connectivity index (χ4n) is 8.01. The van der Waals surface area contributed by atoms with Crippen LogP contribution in [0.4, 0.5) is 34.5 Å². The van der Waals surface area contributed by atoms with Crippen molar-refractivity contribution in [3.8, 4) is 40.3 Å². The molecule has 4 aromatic carbocycles. The molecular formula is C45H48N10O8S. The van der Waals surface area contributed by atoms with E-state index in [1.54, 1.807) is 49.5 Å². The number of nitrogens with zero attached hydrogens (tertiary/aromatic N) is 8. The van der Waals surface area contributed by atoms with Gasteiger partial charge in [0.2, 0.25) is 21.9 Å². The number of phenolic OH excluding ortho intramolecular Hbond substituents is 2. The molecule has 64 heavy (non-hydrogen) atoms. The molecule has 19 heteroatoms.